The third-order valence-electron chi connectivity index (χ3n) is 5.37. The summed E-state index contributed by atoms with van der Waals surface area (Å²) in [6.45, 7) is 6.84. The van der Waals surface area contributed by atoms with Gasteiger partial charge in [-0.2, -0.15) is 0 Å². The number of rotatable bonds is 8. The van der Waals surface area contributed by atoms with E-state index in [1.807, 2.05) is 36.9 Å². The molecule has 1 fully saturated rings. The lowest BCUT2D eigenvalue weighted by Gasteiger charge is -2.36. The van der Waals surface area contributed by atoms with E-state index >= 15 is 0 Å². The number of benzene rings is 1. The van der Waals surface area contributed by atoms with E-state index in [1.54, 1.807) is 12.1 Å². The summed E-state index contributed by atoms with van der Waals surface area (Å²) in [6.07, 6.45) is 1.64. The van der Waals surface area contributed by atoms with Gasteiger partial charge in [0.2, 0.25) is 11.8 Å². The summed E-state index contributed by atoms with van der Waals surface area (Å²) in [4.78, 5) is 41.4. The van der Waals surface area contributed by atoms with Crippen LogP contribution in [0.3, 0.4) is 0 Å². The van der Waals surface area contributed by atoms with Gasteiger partial charge in [-0.25, -0.2) is 0 Å². The Morgan fingerprint density at radius 2 is 1.71 bits per heavy atom. The molecule has 166 valence electrons. The third-order valence-corrected chi connectivity index (χ3v) is 5.37. The van der Waals surface area contributed by atoms with Crippen LogP contribution in [0.5, 0.6) is 0 Å². The molecule has 1 aliphatic rings. The number of carbonyl (C=O) groups excluding carboxylic acids is 3. The summed E-state index contributed by atoms with van der Waals surface area (Å²) < 4.78 is 5.07. The fourth-order valence-corrected chi connectivity index (χ4v) is 3.57. The lowest BCUT2D eigenvalue weighted by molar-refractivity contribution is -0.131. The average Bonchev–Trinajstić information content (AvgIpc) is 3.33. The van der Waals surface area contributed by atoms with E-state index in [9.17, 15) is 14.4 Å². The maximum atomic E-state index is 12.6. The van der Waals surface area contributed by atoms with E-state index in [1.165, 1.54) is 6.26 Å². The summed E-state index contributed by atoms with van der Waals surface area (Å²) in [5.41, 5.74) is 1.16. The fraction of sp³-hybridized carbons (Fsp3) is 0.435. The van der Waals surface area contributed by atoms with Crippen molar-refractivity contribution in [2.24, 2.45) is 5.92 Å². The van der Waals surface area contributed by atoms with E-state index < -0.39 is 11.9 Å². The lowest BCUT2D eigenvalue weighted by atomic mass is 10.0. The molecule has 31 heavy (non-hydrogen) atoms. The van der Waals surface area contributed by atoms with Crippen molar-refractivity contribution in [3.63, 3.8) is 0 Å². The predicted octanol–water partition coefficient (Wildman–Crippen LogP) is 1.89. The number of anilines is 1. The number of hydrogen-bond donors (Lipinski definition) is 2. The van der Waals surface area contributed by atoms with Crippen LogP contribution in [0.1, 0.15) is 30.8 Å². The first-order valence-electron chi connectivity index (χ1n) is 10.7. The predicted molar refractivity (Wildman–Crippen MR) is 118 cm³/mol. The van der Waals surface area contributed by atoms with Gasteiger partial charge < -0.3 is 24.9 Å². The number of carbonyl (C=O) groups is 3. The average molecular weight is 427 g/mol. The van der Waals surface area contributed by atoms with Crippen molar-refractivity contribution >= 4 is 23.4 Å². The van der Waals surface area contributed by atoms with Gasteiger partial charge in [-0.15, -0.1) is 0 Å². The molecule has 0 spiro atoms. The van der Waals surface area contributed by atoms with Crippen LogP contribution in [0.25, 0.3) is 0 Å². The summed E-state index contributed by atoms with van der Waals surface area (Å²) in [6, 6.07) is 12.6. The van der Waals surface area contributed by atoms with Crippen molar-refractivity contribution in [3.05, 3.63) is 54.5 Å². The van der Waals surface area contributed by atoms with E-state index in [0.29, 0.717) is 13.1 Å². The highest BCUT2D eigenvalue weighted by atomic mass is 16.3. The zero-order valence-corrected chi connectivity index (χ0v) is 18.0. The van der Waals surface area contributed by atoms with Gasteiger partial charge in [0, 0.05) is 44.8 Å². The van der Waals surface area contributed by atoms with Gasteiger partial charge in [0.25, 0.3) is 5.91 Å². The second-order valence-electron chi connectivity index (χ2n) is 7.92. The number of nitrogens with zero attached hydrogens (tertiary/aromatic N) is 2. The van der Waals surface area contributed by atoms with Crippen LogP contribution in [-0.4, -0.2) is 61.4 Å². The van der Waals surface area contributed by atoms with E-state index in [4.69, 9.17) is 4.42 Å². The van der Waals surface area contributed by atoms with E-state index in [2.05, 4.69) is 27.7 Å². The van der Waals surface area contributed by atoms with Crippen LogP contribution < -0.4 is 15.5 Å². The second-order valence-corrected chi connectivity index (χ2v) is 7.92. The monoisotopic (exact) mass is 426 g/mol. The molecule has 1 aromatic carbocycles. The van der Waals surface area contributed by atoms with Crippen LogP contribution in [-0.2, 0) is 9.59 Å². The molecule has 0 bridgehead atoms. The number of furan rings is 1. The number of hydrogen-bond acceptors (Lipinski definition) is 5. The maximum absolute atomic E-state index is 12.6. The standard InChI is InChI=1S/C23H30N4O4/c1-17(2)21(25-22(29)19-9-6-16-31-19)23(30)24-11-10-20(28)27-14-12-26(13-15-27)18-7-4-3-5-8-18/h3-9,16-17,21H,10-15H2,1-2H3,(H,24,30)(H,25,29). The Morgan fingerprint density at radius 1 is 1.00 bits per heavy atom. The molecule has 3 amide bonds. The van der Waals surface area contributed by atoms with Gasteiger partial charge in [0.05, 0.1) is 6.26 Å². The van der Waals surface area contributed by atoms with Gasteiger partial charge in [0.15, 0.2) is 5.76 Å². The first-order valence-corrected chi connectivity index (χ1v) is 10.7. The molecular weight excluding hydrogens is 396 g/mol. The molecule has 8 heteroatoms. The molecule has 0 aliphatic carbocycles. The number of para-hydroxylation sites is 1. The number of nitrogens with one attached hydrogen (secondary N) is 2. The van der Waals surface area contributed by atoms with Crippen molar-refractivity contribution in [3.8, 4) is 0 Å². The topological polar surface area (TPSA) is 94.9 Å². The molecule has 2 N–H and O–H groups in total. The van der Waals surface area contributed by atoms with Crippen molar-refractivity contribution < 1.29 is 18.8 Å². The third kappa shape index (κ3) is 6.10. The first kappa shape index (κ1) is 22.4. The minimum absolute atomic E-state index is 0.0220. The Hall–Kier alpha value is -3.29. The molecule has 1 atom stereocenters. The number of piperazine rings is 1. The lowest BCUT2D eigenvalue weighted by Crippen LogP contribution is -2.51. The smallest absolute Gasteiger partial charge is 0.287 e. The van der Waals surface area contributed by atoms with Crippen molar-refractivity contribution in [2.45, 2.75) is 26.3 Å². The Kier molecular flexibility index (Phi) is 7.70. The van der Waals surface area contributed by atoms with Gasteiger partial charge in [-0.3, -0.25) is 14.4 Å². The SMILES string of the molecule is CC(C)C(NC(=O)c1ccco1)C(=O)NCCC(=O)N1CCN(c2ccccc2)CC1. The first-order chi connectivity index (χ1) is 15.0. The Labute approximate surface area is 182 Å². The van der Waals surface area contributed by atoms with Crippen molar-refractivity contribution in [2.75, 3.05) is 37.6 Å². The molecule has 1 aromatic heterocycles. The quantitative estimate of drug-likeness (QED) is 0.672. The van der Waals surface area contributed by atoms with Crippen LogP contribution in [0.2, 0.25) is 0 Å². The van der Waals surface area contributed by atoms with Gasteiger partial charge in [-0.05, 0) is 30.2 Å². The molecular formula is C23H30N4O4. The van der Waals surface area contributed by atoms with E-state index in [-0.39, 0.29) is 36.5 Å². The van der Waals surface area contributed by atoms with Crippen molar-refractivity contribution in [1.82, 2.24) is 15.5 Å². The Morgan fingerprint density at radius 3 is 2.32 bits per heavy atom. The fourth-order valence-electron chi connectivity index (χ4n) is 3.57. The van der Waals surface area contributed by atoms with Crippen molar-refractivity contribution in [1.29, 1.82) is 0 Å². The molecule has 3 rings (SSSR count). The summed E-state index contributed by atoms with van der Waals surface area (Å²) in [7, 11) is 0. The normalized spacial score (nSPS) is 14.9. The highest BCUT2D eigenvalue weighted by molar-refractivity contribution is 5.95. The Balaban J connectivity index is 1.41. The maximum Gasteiger partial charge on any atom is 0.287 e. The molecule has 0 saturated carbocycles. The molecule has 0 radical (unpaired) electrons. The Bertz CT molecular complexity index is 859. The molecule has 2 heterocycles. The molecule has 1 aliphatic heterocycles. The zero-order chi connectivity index (χ0) is 22.2. The zero-order valence-electron chi connectivity index (χ0n) is 18.0. The van der Waals surface area contributed by atoms with Crippen LogP contribution in [0.15, 0.2) is 53.1 Å². The summed E-state index contributed by atoms with van der Waals surface area (Å²) >= 11 is 0. The molecule has 8 nitrogen and oxygen atoms in total. The largest absolute Gasteiger partial charge is 0.459 e. The van der Waals surface area contributed by atoms with Gasteiger partial charge >= 0.3 is 0 Å². The van der Waals surface area contributed by atoms with Crippen LogP contribution in [0.4, 0.5) is 5.69 Å². The minimum atomic E-state index is -0.706. The summed E-state index contributed by atoms with van der Waals surface area (Å²) in [5, 5.41) is 5.47. The second kappa shape index (κ2) is 10.7. The van der Waals surface area contributed by atoms with Crippen LogP contribution >= 0.6 is 0 Å². The van der Waals surface area contributed by atoms with E-state index in [0.717, 1.165) is 18.8 Å². The van der Waals surface area contributed by atoms with Crippen LogP contribution in [0, 0.1) is 5.92 Å². The van der Waals surface area contributed by atoms with Gasteiger partial charge in [0.1, 0.15) is 6.04 Å². The minimum Gasteiger partial charge on any atom is -0.459 e. The number of amides is 3. The van der Waals surface area contributed by atoms with Gasteiger partial charge in [-0.1, -0.05) is 32.0 Å². The highest BCUT2D eigenvalue weighted by Crippen LogP contribution is 2.15. The molecule has 1 saturated heterocycles. The molecule has 2 aromatic rings. The molecule has 1 unspecified atom stereocenters. The summed E-state index contributed by atoms with van der Waals surface area (Å²) in [5.74, 6) is -0.680. The highest BCUT2D eigenvalue weighted by Gasteiger charge is 2.26.